The van der Waals surface area contributed by atoms with E-state index in [1.54, 1.807) is 0 Å². The first-order valence-electron chi connectivity index (χ1n) is 6.12. The summed E-state index contributed by atoms with van der Waals surface area (Å²) in [6, 6.07) is 0.236. The van der Waals surface area contributed by atoms with Crippen LogP contribution >= 0.6 is 0 Å². The molecule has 1 rings (SSSR count). The summed E-state index contributed by atoms with van der Waals surface area (Å²) in [7, 11) is 0. The lowest BCUT2D eigenvalue weighted by Gasteiger charge is -2.17. The van der Waals surface area contributed by atoms with E-state index in [1.807, 2.05) is 0 Å². The zero-order valence-electron chi connectivity index (χ0n) is 10.4. The van der Waals surface area contributed by atoms with Crippen LogP contribution in [0.2, 0.25) is 0 Å². The third-order valence-electron chi connectivity index (χ3n) is 2.60. The van der Waals surface area contributed by atoms with Gasteiger partial charge in [-0.3, -0.25) is 9.78 Å². The van der Waals surface area contributed by atoms with Gasteiger partial charge in [-0.25, -0.2) is 9.89 Å². The van der Waals surface area contributed by atoms with Crippen LogP contribution in [0.1, 0.15) is 46.0 Å². The van der Waals surface area contributed by atoms with Gasteiger partial charge in [-0.05, 0) is 12.8 Å². The lowest BCUT2D eigenvalue weighted by molar-refractivity contribution is 0.560. The van der Waals surface area contributed by atoms with Crippen LogP contribution in [-0.4, -0.2) is 21.2 Å². The number of nitrogens with one attached hydrogen (secondary N) is 3. The van der Waals surface area contributed by atoms with E-state index in [0.717, 1.165) is 32.1 Å². The van der Waals surface area contributed by atoms with Crippen molar-refractivity contribution >= 4 is 5.82 Å². The normalized spacial score (nSPS) is 12.4. The number of H-pyrrole nitrogens is 2. The molecule has 0 fully saturated rings. The van der Waals surface area contributed by atoms with Crippen molar-refractivity contribution in [2.24, 2.45) is 0 Å². The summed E-state index contributed by atoms with van der Waals surface area (Å²) in [4.78, 5) is 24.4. The van der Waals surface area contributed by atoms with E-state index in [9.17, 15) is 9.59 Å². The largest absolute Gasteiger partial charge is 0.361 e. The Bertz CT molecular complexity index is 438. The molecule has 1 unspecified atom stereocenters. The maximum absolute atomic E-state index is 11.5. The summed E-state index contributed by atoms with van der Waals surface area (Å²) in [6.07, 6.45) is 5.27. The summed E-state index contributed by atoms with van der Waals surface area (Å²) >= 11 is 0. The van der Waals surface area contributed by atoms with Crippen LogP contribution in [-0.2, 0) is 0 Å². The van der Waals surface area contributed by atoms with Crippen molar-refractivity contribution in [2.45, 2.75) is 52.0 Å². The standard InChI is InChI=1S/C11H20N4O2/c1-3-5-7-8(6-4-2)12-9-10(16)13-11(17)15-14-9/h8H,3-7H2,1-2H3,(H,12,14)(H2,13,15,16,17). The topological polar surface area (TPSA) is 90.6 Å². The molecule has 0 saturated heterocycles. The predicted octanol–water partition coefficient (Wildman–Crippen LogP) is 1.23. The minimum absolute atomic E-state index is 0.194. The van der Waals surface area contributed by atoms with Gasteiger partial charge in [0.15, 0.2) is 0 Å². The van der Waals surface area contributed by atoms with E-state index < -0.39 is 11.2 Å². The van der Waals surface area contributed by atoms with E-state index in [1.165, 1.54) is 0 Å². The number of rotatable bonds is 7. The van der Waals surface area contributed by atoms with Gasteiger partial charge < -0.3 is 5.32 Å². The molecule has 3 N–H and O–H groups in total. The lowest BCUT2D eigenvalue weighted by Crippen LogP contribution is -2.30. The molecule has 96 valence electrons. The van der Waals surface area contributed by atoms with Crippen molar-refractivity contribution in [3.05, 3.63) is 20.8 Å². The highest BCUT2D eigenvalue weighted by Gasteiger charge is 2.10. The molecule has 0 aliphatic carbocycles. The number of aromatic nitrogens is 3. The first kappa shape index (κ1) is 13.5. The molecule has 0 aliphatic heterocycles. The Hall–Kier alpha value is -1.59. The quantitative estimate of drug-likeness (QED) is 0.668. The summed E-state index contributed by atoms with van der Waals surface area (Å²) in [5, 5.41) is 9.02. The Morgan fingerprint density at radius 1 is 1.24 bits per heavy atom. The predicted molar refractivity (Wildman–Crippen MR) is 67.3 cm³/mol. The van der Waals surface area contributed by atoms with Crippen molar-refractivity contribution in [2.75, 3.05) is 5.32 Å². The van der Waals surface area contributed by atoms with Crippen molar-refractivity contribution < 1.29 is 0 Å². The molecule has 1 aromatic heterocycles. The van der Waals surface area contributed by atoms with Crippen molar-refractivity contribution in [1.82, 2.24) is 15.2 Å². The molecule has 6 heteroatoms. The van der Waals surface area contributed by atoms with E-state index in [0.29, 0.717) is 0 Å². The molecule has 0 aliphatic rings. The zero-order chi connectivity index (χ0) is 12.7. The Labute approximate surface area is 99.9 Å². The van der Waals surface area contributed by atoms with Crippen LogP contribution in [0.3, 0.4) is 0 Å². The highest BCUT2D eigenvalue weighted by molar-refractivity contribution is 5.30. The molecular formula is C11H20N4O2. The SMILES string of the molecule is CCCCC(CCC)Nc1n[nH]c(=O)[nH]c1=O. The molecule has 0 radical (unpaired) electrons. The van der Waals surface area contributed by atoms with Gasteiger partial charge in [0.25, 0.3) is 5.56 Å². The highest BCUT2D eigenvalue weighted by atomic mass is 16.2. The molecule has 0 amide bonds. The van der Waals surface area contributed by atoms with Gasteiger partial charge in [-0.2, -0.15) is 0 Å². The Balaban J connectivity index is 2.71. The minimum atomic E-state index is -0.582. The average Bonchev–Trinajstić information content (AvgIpc) is 2.29. The average molecular weight is 240 g/mol. The fourth-order valence-corrected chi connectivity index (χ4v) is 1.73. The molecule has 1 heterocycles. The fourth-order valence-electron chi connectivity index (χ4n) is 1.73. The molecule has 0 bridgehead atoms. The fraction of sp³-hybridized carbons (Fsp3) is 0.727. The van der Waals surface area contributed by atoms with Crippen LogP contribution in [0.4, 0.5) is 5.82 Å². The number of nitrogens with zero attached hydrogens (tertiary/aromatic N) is 1. The molecule has 6 nitrogen and oxygen atoms in total. The van der Waals surface area contributed by atoms with Crippen molar-refractivity contribution in [3.8, 4) is 0 Å². The van der Waals surface area contributed by atoms with Crippen LogP contribution in [0.15, 0.2) is 9.59 Å². The Kier molecular flexibility index (Phi) is 5.45. The number of hydrogen-bond acceptors (Lipinski definition) is 4. The second kappa shape index (κ2) is 6.88. The first-order chi connectivity index (χ1) is 8.17. The maximum atomic E-state index is 11.5. The van der Waals surface area contributed by atoms with Crippen LogP contribution < -0.4 is 16.6 Å². The van der Waals surface area contributed by atoms with Gasteiger partial charge in [0.1, 0.15) is 0 Å². The summed E-state index contributed by atoms with van der Waals surface area (Å²) < 4.78 is 0. The highest BCUT2D eigenvalue weighted by Crippen LogP contribution is 2.10. The van der Waals surface area contributed by atoms with E-state index in [4.69, 9.17) is 0 Å². The van der Waals surface area contributed by atoms with Crippen molar-refractivity contribution in [1.29, 1.82) is 0 Å². The van der Waals surface area contributed by atoms with Gasteiger partial charge >= 0.3 is 5.69 Å². The van der Waals surface area contributed by atoms with Crippen LogP contribution in [0, 0.1) is 0 Å². The van der Waals surface area contributed by atoms with Crippen LogP contribution in [0.5, 0.6) is 0 Å². The van der Waals surface area contributed by atoms with Gasteiger partial charge in [0.05, 0.1) is 0 Å². The third kappa shape index (κ3) is 4.42. The van der Waals surface area contributed by atoms with Gasteiger partial charge in [0.2, 0.25) is 5.82 Å². The lowest BCUT2D eigenvalue weighted by atomic mass is 10.1. The molecule has 1 atom stereocenters. The Morgan fingerprint density at radius 3 is 2.59 bits per heavy atom. The monoisotopic (exact) mass is 240 g/mol. The number of anilines is 1. The van der Waals surface area contributed by atoms with Gasteiger partial charge in [0, 0.05) is 6.04 Å². The second-order valence-electron chi connectivity index (χ2n) is 4.13. The van der Waals surface area contributed by atoms with Crippen LogP contribution in [0.25, 0.3) is 0 Å². The number of hydrogen-bond donors (Lipinski definition) is 3. The smallest absolute Gasteiger partial charge is 0.342 e. The molecule has 0 aromatic carbocycles. The van der Waals surface area contributed by atoms with E-state index >= 15 is 0 Å². The summed E-state index contributed by atoms with van der Waals surface area (Å²) in [6.45, 7) is 4.24. The van der Waals surface area contributed by atoms with E-state index in [-0.39, 0.29) is 11.9 Å². The van der Waals surface area contributed by atoms with Crippen molar-refractivity contribution in [3.63, 3.8) is 0 Å². The second-order valence-corrected chi connectivity index (χ2v) is 4.13. The third-order valence-corrected chi connectivity index (χ3v) is 2.60. The Morgan fingerprint density at radius 2 is 2.00 bits per heavy atom. The summed E-state index contributed by atoms with van der Waals surface area (Å²) in [5.41, 5.74) is -1.05. The molecule has 1 aromatic rings. The molecule has 0 saturated carbocycles. The molecule has 0 spiro atoms. The minimum Gasteiger partial charge on any atom is -0.361 e. The van der Waals surface area contributed by atoms with Gasteiger partial charge in [-0.15, -0.1) is 5.10 Å². The van der Waals surface area contributed by atoms with Gasteiger partial charge in [-0.1, -0.05) is 33.1 Å². The molecular weight excluding hydrogens is 220 g/mol. The number of aromatic amines is 2. The summed E-state index contributed by atoms with van der Waals surface area (Å²) in [5.74, 6) is 0.194. The maximum Gasteiger partial charge on any atom is 0.342 e. The first-order valence-corrected chi connectivity index (χ1v) is 6.12. The molecule has 17 heavy (non-hydrogen) atoms. The number of unbranched alkanes of at least 4 members (excludes halogenated alkanes) is 1. The van der Waals surface area contributed by atoms with E-state index in [2.05, 4.69) is 34.3 Å². The zero-order valence-corrected chi connectivity index (χ0v) is 10.4.